The van der Waals surface area contributed by atoms with Crippen molar-refractivity contribution in [1.82, 2.24) is 14.4 Å². The summed E-state index contributed by atoms with van der Waals surface area (Å²) in [5.41, 5.74) is 1.71. The van der Waals surface area contributed by atoms with Crippen LogP contribution in [0.4, 0.5) is 0 Å². The number of amides is 2. The highest BCUT2D eigenvalue weighted by Crippen LogP contribution is 2.22. The van der Waals surface area contributed by atoms with Gasteiger partial charge in [-0.2, -0.15) is 0 Å². The number of aromatic nitrogens is 1. The van der Waals surface area contributed by atoms with Gasteiger partial charge in [-0.1, -0.05) is 0 Å². The molecule has 2 aliphatic heterocycles. The summed E-state index contributed by atoms with van der Waals surface area (Å²) in [5, 5.41) is 0. The third-order valence-corrected chi connectivity index (χ3v) is 4.99. The van der Waals surface area contributed by atoms with Gasteiger partial charge in [0, 0.05) is 45.1 Å². The van der Waals surface area contributed by atoms with Crippen LogP contribution in [0, 0.1) is 12.8 Å². The number of carbonyl (C=O) groups is 2. The van der Waals surface area contributed by atoms with Gasteiger partial charge < -0.3 is 19.1 Å². The third-order valence-electron chi connectivity index (χ3n) is 4.99. The van der Waals surface area contributed by atoms with Crippen molar-refractivity contribution in [3.8, 4) is 0 Å². The van der Waals surface area contributed by atoms with Gasteiger partial charge in [-0.25, -0.2) is 0 Å². The number of piperidine rings is 1. The minimum absolute atomic E-state index is 0.0441. The second-order valence-corrected chi connectivity index (χ2v) is 6.45. The summed E-state index contributed by atoms with van der Waals surface area (Å²) in [5.74, 6) is 0.146. The molecule has 2 fully saturated rings. The SMILES string of the molecule is Cc1c(C(=O)N2CCC[C@H](C(=O)N3CCOCC3)C2)ccn1C. The van der Waals surface area contributed by atoms with Gasteiger partial charge >= 0.3 is 0 Å². The molecule has 3 heterocycles. The number of hydrogen-bond acceptors (Lipinski definition) is 3. The van der Waals surface area contributed by atoms with Gasteiger partial charge in [-0.15, -0.1) is 0 Å². The second kappa shape index (κ2) is 6.74. The summed E-state index contributed by atoms with van der Waals surface area (Å²) in [6.07, 6.45) is 3.66. The molecule has 6 nitrogen and oxygen atoms in total. The van der Waals surface area contributed by atoms with E-state index in [0.717, 1.165) is 30.6 Å². The van der Waals surface area contributed by atoms with Crippen LogP contribution in [-0.4, -0.2) is 65.6 Å². The van der Waals surface area contributed by atoms with Crippen LogP contribution in [0.5, 0.6) is 0 Å². The van der Waals surface area contributed by atoms with Gasteiger partial charge in [0.15, 0.2) is 0 Å². The lowest BCUT2D eigenvalue weighted by molar-refractivity contribution is -0.141. The molecule has 0 aliphatic carbocycles. The highest BCUT2D eigenvalue weighted by molar-refractivity contribution is 5.96. The normalized spacial score (nSPS) is 22.3. The molecule has 126 valence electrons. The highest BCUT2D eigenvalue weighted by Gasteiger charge is 2.32. The number of hydrogen-bond donors (Lipinski definition) is 0. The van der Waals surface area contributed by atoms with Crippen molar-refractivity contribution in [3.63, 3.8) is 0 Å². The fourth-order valence-electron chi connectivity index (χ4n) is 3.41. The van der Waals surface area contributed by atoms with Gasteiger partial charge in [0.25, 0.3) is 5.91 Å². The quantitative estimate of drug-likeness (QED) is 0.818. The Morgan fingerprint density at radius 3 is 2.57 bits per heavy atom. The van der Waals surface area contributed by atoms with E-state index >= 15 is 0 Å². The summed E-state index contributed by atoms with van der Waals surface area (Å²) < 4.78 is 7.26. The van der Waals surface area contributed by atoms with E-state index in [0.29, 0.717) is 32.8 Å². The van der Waals surface area contributed by atoms with Crippen LogP contribution in [0.3, 0.4) is 0 Å². The molecule has 1 aromatic heterocycles. The van der Waals surface area contributed by atoms with Crippen molar-refractivity contribution in [2.45, 2.75) is 19.8 Å². The predicted molar refractivity (Wildman–Crippen MR) is 86.2 cm³/mol. The van der Waals surface area contributed by atoms with E-state index in [4.69, 9.17) is 4.74 Å². The van der Waals surface area contributed by atoms with Crippen molar-refractivity contribution in [2.75, 3.05) is 39.4 Å². The lowest BCUT2D eigenvalue weighted by Gasteiger charge is -2.36. The standard InChI is InChI=1S/C17H25N3O3/c1-13-15(5-7-18(13)2)17(22)20-6-3-4-14(12-20)16(21)19-8-10-23-11-9-19/h5,7,14H,3-4,6,8-12H2,1-2H3/t14-/m0/s1. The van der Waals surface area contributed by atoms with Crippen LogP contribution in [0.1, 0.15) is 28.9 Å². The molecule has 0 N–H and O–H groups in total. The maximum absolute atomic E-state index is 12.7. The van der Waals surface area contributed by atoms with E-state index in [-0.39, 0.29) is 17.7 Å². The number of aryl methyl sites for hydroxylation is 1. The Labute approximate surface area is 137 Å². The fourth-order valence-corrected chi connectivity index (χ4v) is 3.41. The number of rotatable bonds is 2. The molecule has 3 rings (SSSR count). The molecule has 6 heteroatoms. The number of nitrogens with zero attached hydrogens (tertiary/aromatic N) is 3. The summed E-state index contributed by atoms with van der Waals surface area (Å²) in [6.45, 7) is 5.79. The van der Waals surface area contributed by atoms with Gasteiger partial charge in [-0.3, -0.25) is 9.59 Å². The van der Waals surface area contributed by atoms with Crippen molar-refractivity contribution >= 4 is 11.8 Å². The van der Waals surface area contributed by atoms with E-state index in [9.17, 15) is 9.59 Å². The minimum Gasteiger partial charge on any atom is -0.378 e. The molecule has 0 aromatic carbocycles. The highest BCUT2D eigenvalue weighted by atomic mass is 16.5. The number of carbonyl (C=O) groups excluding carboxylic acids is 2. The molecular formula is C17H25N3O3. The molecule has 0 spiro atoms. The first-order chi connectivity index (χ1) is 11.1. The molecule has 2 amide bonds. The van der Waals surface area contributed by atoms with E-state index in [1.54, 1.807) is 0 Å². The molecule has 0 unspecified atom stereocenters. The Bertz CT molecular complexity index is 590. The lowest BCUT2D eigenvalue weighted by atomic mass is 9.95. The second-order valence-electron chi connectivity index (χ2n) is 6.45. The van der Waals surface area contributed by atoms with Crippen LogP contribution >= 0.6 is 0 Å². The first-order valence-electron chi connectivity index (χ1n) is 8.35. The average molecular weight is 319 g/mol. The Morgan fingerprint density at radius 1 is 1.17 bits per heavy atom. The first kappa shape index (κ1) is 16.1. The maximum atomic E-state index is 12.7. The van der Waals surface area contributed by atoms with Gasteiger partial charge in [0.1, 0.15) is 0 Å². The van der Waals surface area contributed by atoms with Crippen LogP contribution < -0.4 is 0 Å². The molecule has 0 saturated carbocycles. The van der Waals surface area contributed by atoms with Crippen molar-refractivity contribution in [1.29, 1.82) is 0 Å². The number of morpholine rings is 1. The van der Waals surface area contributed by atoms with Crippen LogP contribution in [0.25, 0.3) is 0 Å². The molecule has 0 bridgehead atoms. The monoisotopic (exact) mass is 319 g/mol. The zero-order valence-electron chi connectivity index (χ0n) is 14.0. The average Bonchev–Trinajstić information content (AvgIpc) is 2.93. The van der Waals surface area contributed by atoms with E-state index < -0.39 is 0 Å². The number of ether oxygens (including phenoxy) is 1. The largest absolute Gasteiger partial charge is 0.378 e. The molecule has 23 heavy (non-hydrogen) atoms. The van der Waals surface area contributed by atoms with E-state index in [1.807, 2.05) is 40.6 Å². The molecule has 0 radical (unpaired) electrons. The first-order valence-corrected chi connectivity index (χ1v) is 8.35. The third kappa shape index (κ3) is 3.27. The predicted octanol–water partition coefficient (Wildman–Crippen LogP) is 1.04. The zero-order valence-corrected chi connectivity index (χ0v) is 14.0. The van der Waals surface area contributed by atoms with Crippen molar-refractivity contribution < 1.29 is 14.3 Å². The van der Waals surface area contributed by atoms with E-state index in [2.05, 4.69) is 0 Å². The molecule has 2 saturated heterocycles. The van der Waals surface area contributed by atoms with Crippen LogP contribution in [0.15, 0.2) is 12.3 Å². The van der Waals surface area contributed by atoms with Gasteiger partial charge in [0.05, 0.1) is 24.7 Å². The van der Waals surface area contributed by atoms with Crippen LogP contribution in [0.2, 0.25) is 0 Å². The zero-order chi connectivity index (χ0) is 16.4. The Morgan fingerprint density at radius 2 is 1.91 bits per heavy atom. The smallest absolute Gasteiger partial charge is 0.255 e. The Kier molecular flexibility index (Phi) is 4.71. The van der Waals surface area contributed by atoms with Crippen molar-refractivity contribution in [2.24, 2.45) is 13.0 Å². The lowest BCUT2D eigenvalue weighted by Crippen LogP contribution is -2.49. The Balaban J connectivity index is 1.67. The van der Waals surface area contributed by atoms with Gasteiger partial charge in [0.2, 0.25) is 5.91 Å². The number of likely N-dealkylation sites (tertiary alicyclic amines) is 1. The maximum Gasteiger partial charge on any atom is 0.255 e. The topological polar surface area (TPSA) is 54.8 Å². The molecule has 2 aliphatic rings. The summed E-state index contributed by atoms with van der Waals surface area (Å²) in [4.78, 5) is 29.1. The molecule has 1 atom stereocenters. The summed E-state index contributed by atoms with van der Waals surface area (Å²) in [7, 11) is 1.94. The van der Waals surface area contributed by atoms with Gasteiger partial charge in [-0.05, 0) is 25.8 Å². The Hall–Kier alpha value is -1.82. The molecule has 1 aromatic rings. The minimum atomic E-state index is -0.0742. The van der Waals surface area contributed by atoms with Crippen LogP contribution in [-0.2, 0) is 16.6 Å². The summed E-state index contributed by atoms with van der Waals surface area (Å²) in [6, 6.07) is 1.87. The fraction of sp³-hybridized carbons (Fsp3) is 0.647. The summed E-state index contributed by atoms with van der Waals surface area (Å²) >= 11 is 0. The van der Waals surface area contributed by atoms with Crippen molar-refractivity contribution in [3.05, 3.63) is 23.5 Å². The molecular weight excluding hydrogens is 294 g/mol. The van der Waals surface area contributed by atoms with E-state index in [1.165, 1.54) is 0 Å².